The fraction of sp³-hybridized carbons (Fsp3) is 0.100. The van der Waals surface area contributed by atoms with E-state index in [0.29, 0.717) is 0 Å². The molecule has 2 amide bonds. The summed E-state index contributed by atoms with van der Waals surface area (Å²) in [4.78, 5) is 23.7. The van der Waals surface area contributed by atoms with E-state index < -0.39 is 0 Å². The molecular weight excluding hydrogens is 244 g/mol. The number of rotatable bonds is 1. The maximum absolute atomic E-state index is 11.4. The molecular formula is C10H8N2O2S2. The molecule has 0 unspecified atom stereocenters. The van der Waals surface area contributed by atoms with Crippen molar-refractivity contribution in [2.24, 2.45) is 0 Å². The molecule has 4 nitrogen and oxygen atoms in total. The predicted molar refractivity (Wildman–Crippen MR) is 67.4 cm³/mol. The smallest absolute Gasteiger partial charge is 0.295 e. The minimum absolute atomic E-state index is 0.131. The zero-order chi connectivity index (χ0) is 11.5. The Bertz CT molecular complexity index is 431. The number of amides is 2. The second kappa shape index (κ2) is 4.63. The number of nitrogens with one attached hydrogen (secondary N) is 1. The molecule has 1 aliphatic heterocycles. The molecule has 0 radical (unpaired) electrons. The highest BCUT2D eigenvalue weighted by molar-refractivity contribution is 8.14. The van der Waals surface area contributed by atoms with Crippen molar-refractivity contribution in [1.29, 1.82) is 0 Å². The summed E-state index contributed by atoms with van der Waals surface area (Å²) >= 11 is 5.97. The van der Waals surface area contributed by atoms with E-state index in [1.807, 2.05) is 30.3 Å². The van der Waals surface area contributed by atoms with Crippen LogP contribution in [0, 0.1) is 0 Å². The molecule has 1 aromatic rings. The Morgan fingerprint density at radius 1 is 1.31 bits per heavy atom. The molecule has 1 saturated heterocycles. The average Bonchev–Trinajstić information content (AvgIpc) is 2.60. The maximum Gasteiger partial charge on any atom is 0.295 e. The molecule has 1 aromatic carbocycles. The van der Waals surface area contributed by atoms with E-state index in [2.05, 4.69) is 5.32 Å². The van der Waals surface area contributed by atoms with Crippen molar-refractivity contribution in [3.8, 4) is 0 Å². The van der Waals surface area contributed by atoms with Crippen LogP contribution in [0.15, 0.2) is 30.3 Å². The Kier molecular flexibility index (Phi) is 3.21. The van der Waals surface area contributed by atoms with Gasteiger partial charge in [-0.1, -0.05) is 30.0 Å². The van der Waals surface area contributed by atoms with E-state index in [0.717, 1.165) is 22.3 Å². The first kappa shape index (κ1) is 11.1. The van der Waals surface area contributed by atoms with Gasteiger partial charge in [0.25, 0.3) is 5.24 Å². The Morgan fingerprint density at radius 3 is 2.56 bits per heavy atom. The van der Waals surface area contributed by atoms with Crippen molar-refractivity contribution >= 4 is 45.9 Å². The fourth-order valence-electron chi connectivity index (χ4n) is 1.25. The molecule has 2 rings (SSSR count). The second-order valence-electron chi connectivity index (χ2n) is 3.08. The van der Waals surface area contributed by atoms with Crippen LogP contribution in [0.2, 0.25) is 0 Å². The second-order valence-corrected chi connectivity index (χ2v) is 4.39. The van der Waals surface area contributed by atoms with Crippen molar-refractivity contribution in [2.75, 3.05) is 11.1 Å². The van der Waals surface area contributed by atoms with Crippen molar-refractivity contribution < 1.29 is 9.59 Å². The number of hydrogen-bond acceptors (Lipinski definition) is 4. The first-order valence-corrected chi connectivity index (χ1v) is 5.93. The van der Waals surface area contributed by atoms with Gasteiger partial charge in [0.05, 0.1) is 5.75 Å². The lowest BCUT2D eigenvalue weighted by molar-refractivity contribution is -0.121. The van der Waals surface area contributed by atoms with Gasteiger partial charge < -0.3 is 5.32 Å². The molecule has 0 bridgehead atoms. The molecule has 0 saturated carbocycles. The Balaban J connectivity index is 2.09. The molecule has 0 atom stereocenters. The first-order chi connectivity index (χ1) is 7.68. The van der Waals surface area contributed by atoms with E-state index in [9.17, 15) is 9.59 Å². The molecule has 1 aliphatic rings. The first-order valence-electron chi connectivity index (χ1n) is 4.54. The summed E-state index contributed by atoms with van der Waals surface area (Å²) in [5, 5.41) is 2.66. The molecule has 0 aromatic heterocycles. The highest BCUT2D eigenvalue weighted by Gasteiger charge is 2.33. The third-order valence-electron chi connectivity index (χ3n) is 1.98. The lowest BCUT2D eigenvalue weighted by atomic mass is 10.3. The summed E-state index contributed by atoms with van der Waals surface area (Å²) < 4.78 is 0. The van der Waals surface area contributed by atoms with Gasteiger partial charge >= 0.3 is 0 Å². The number of para-hydroxylation sites is 1. The lowest BCUT2D eigenvalue weighted by Gasteiger charge is -2.15. The summed E-state index contributed by atoms with van der Waals surface area (Å²) in [5.41, 5.74) is 0.755. The normalized spacial score (nSPS) is 15.4. The zero-order valence-corrected chi connectivity index (χ0v) is 9.81. The lowest BCUT2D eigenvalue weighted by Crippen LogP contribution is -2.38. The van der Waals surface area contributed by atoms with Crippen LogP contribution in [0.5, 0.6) is 0 Å². The predicted octanol–water partition coefficient (Wildman–Crippen LogP) is 2.08. The SMILES string of the molecule is O=C1CSC(=O)N1C(=S)Nc1ccccc1. The molecule has 0 spiro atoms. The number of imide groups is 1. The quantitative estimate of drug-likeness (QED) is 0.775. The van der Waals surface area contributed by atoms with Crippen LogP contribution in [0.25, 0.3) is 0 Å². The summed E-state index contributed by atoms with van der Waals surface area (Å²) in [6.45, 7) is 0. The number of thiocarbonyl (C=S) groups is 1. The summed E-state index contributed by atoms with van der Waals surface area (Å²) in [6, 6.07) is 9.17. The van der Waals surface area contributed by atoms with Crippen molar-refractivity contribution in [3.63, 3.8) is 0 Å². The number of carbonyl (C=O) groups excluding carboxylic acids is 2. The van der Waals surface area contributed by atoms with Gasteiger partial charge in [-0.3, -0.25) is 9.59 Å². The number of nitrogens with zero attached hydrogens (tertiary/aromatic N) is 1. The molecule has 16 heavy (non-hydrogen) atoms. The minimum Gasteiger partial charge on any atom is -0.332 e. The fourth-order valence-corrected chi connectivity index (χ4v) is 2.31. The monoisotopic (exact) mass is 252 g/mol. The third kappa shape index (κ3) is 2.23. The van der Waals surface area contributed by atoms with Gasteiger partial charge in [0.15, 0.2) is 5.11 Å². The topological polar surface area (TPSA) is 49.4 Å². The number of anilines is 1. The summed E-state index contributed by atoms with van der Waals surface area (Å²) in [7, 11) is 0. The van der Waals surface area contributed by atoms with Crippen molar-refractivity contribution in [3.05, 3.63) is 30.3 Å². The van der Waals surface area contributed by atoms with Crippen LogP contribution in [-0.2, 0) is 4.79 Å². The average molecular weight is 252 g/mol. The highest BCUT2D eigenvalue weighted by Crippen LogP contribution is 2.20. The number of hydrogen-bond donors (Lipinski definition) is 1. The summed E-state index contributed by atoms with van der Waals surface area (Å²) in [6.07, 6.45) is 0. The van der Waals surface area contributed by atoms with Gasteiger partial charge in [-0.15, -0.1) is 0 Å². The Labute approximate surface area is 102 Å². The van der Waals surface area contributed by atoms with Crippen LogP contribution in [-0.4, -0.2) is 26.9 Å². The van der Waals surface area contributed by atoms with E-state index in [1.54, 1.807) is 0 Å². The number of carbonyl (C=O) groups is 2. The molecule has 0 aliphatic carbocycles. The Hall–Kier alpha value is -1.40. The molecule has 1 fully saturated rings. The molecule has 1 N–H and O–H groups in total. The van der Waals surface area contributed by atoms with Crippen LogP contribution in [0.4, 0.5) is 10.5 Å². The highest BCUT2D eigenvalue weighted by atomic mass is 32.2. The van der Waals surface area contributed by atoms with E-state index >= 15 is 0 Å². The number of thioether (sulfide) groups is 1. The zero-order valence-electron chi connectivity index (χ0n) is 8.17. The van der Waals surface area contributed by atoms with Crippen molar-refractivity contribution in [1.82, 2.24) is 4.90 Å². The van der Waals surface area contributed by atoms with Gasteiger partial charge in [-0.25, -0.2) is 4.90 Å². The van der Waals surface area contributed by atoms with Crippen LogP contribution < -0.4 is 5.32 Å². The third-order valence-corrected chi connectivity index (χ3v) is 3.08. The summed E-state index contributed by atoms with van der Waals surface area (Å²) in [5.74, 6) is -0.112. The maximum atomic E-state index is 11.4. The van der Waals surface area contributed by atoms with Crippen LogP contribution in [0.1, 0.15) is 0 Å². The van der Waals surface area contributed by atoms with Gasteiger partial charge in [-0.2, -0.15) is 0 Å². The van der Waals surface area contributed by atoms with E-state index in [4.69, 9.17) is 12.2 Å². The minimum atomic E-state index is -0.321. The largest absolute Gasteiger partial charge is 0.332 e. The van der Waals surface area contributed by atoms with Gasteiger partial charge in [0.1, 0.15) is 0 Å². The molecule has 1 heterocycles. The van der Waals surface area contributed by atoms with E-state index in [1.165, 1.54) is 0 Å². The molecule has 6 heteroatoms. The van der Waals surface area contributed by atoms with Crippen LogP contribution >= 0.6 is 24.0 Å². The van der Waals surface area contributed by atoms with Gasteiger partial charge in [-0.05, 0) is 24.4 Å². The van der Waals surface area contributed by atoms with Crippen molar-refractivity contribution in [2.45, 2.75) is 0 Å². The molecule has 82 valence electrons. The number of benzene rings is 1. The van der Waals surface area contributed by atoms with Gasteiger partial charge in [0.2, 0.25) is 5.91 Å². The standard InChI is InChI=1S/C10H8N2O2S2/c13-8-6-16-10(14)12(8)9(15)11-7-4-2-1-3-5-7/h1-5H,6H2,(H,11,15). The van der Waals surface area contributed by atoms with Gasteiger partial charge in [0, 0.05) is 5.69 Å². The Morgan fingerprint density at radius 2 is 2.00 bits per heavy atom. The van der Waals surface area contributed by atoms with E-state index in [-0.39, 0.29) is 22.0 Å². The van der Waals surface area contributed by atoms with Crippen LogP contribution in [0.3, 0.4) is 0 Å².